The Kier molecular flexibility index (Phi) is 6.38. The Balaban J connectivity index is 1.64. The predicted molar refractivity (Wildman–Crippen MR) is 106 cm³/mol. The summed E-state index contributed by atoms with van der Waals surface area (Å²) < 4.78 is 15.0. The lowest BCUT2D eigenvalue weighted by molar-refractivity contribution is -0.119. The van der Waals surface area contributed by atoms with E-state index in [9.17, 15) is 19.5 Å². The van der Waals surface area contributed by atoms with E-state index >= 15 is 0 Å². The lowest BCUT2D eigenvalue weighted by Crippen LogP contribution is -2.22. The van der Waals surface area contributed by atoms with Crippen LogP contribution in [-0.4, -0.2) is 43.3 Å². The zero-order valence-electron chi connectivity index (χ0n) is 16.0. The topological polar surface area (TPSA) is 111 Å². The largest absolute Gasteiger partial charge is 0.507 e. The van der Waals surface area contributed by atoms with Crippen LogP contribution in [0.3, 0.4) is 0 Å². The van der Waals surface area contributed by atoms with Crippen molar-refractivity contribution in [2.75, 3.05) is 25.6 Å². The van der Waals surface area contributed by atoms with Gasteiger partial charge in [0.1, 0.15) is 22.1 Å². The molecule has 1 aromatic carbocycles. The average molecular weight is 419 g/mol. The quantitative estimate of drug-likeness (QED) is 0.632. The van der Waals surface area contributed by atoms with E-state index in [2.05, 4.69) is 5.32 Å². The van der Waals surface area contributed by atoms with Crippen LogP contribution in [-0.2, 0) is 14.3 Å². The van der Waals surface area contributed by atoms with Crippen molar-refractivity contribution in [2.45, 2.75) is 25.7 Å². The van der Waals surface area contributed by atoms with Gasteiger partial charge < -0.3 is 24.6 Å². The highest BCUT2D eigenvalue weighted by molar-refractivity contribution is 7.15. The van der Waals surface area contributed by atoms with Gasteiger partial charge in [-0.05, 0) is 48.8 Å². The van der Waals surface area contributed by atoms with E-state index in [0.29, 0.717) is 22.2 Å². The SMILES string of the molecule is CCOC(=O)c1c(C2CC2)csc1NC(=O)COC(=O)c1ccc(OC)cc1O. The first-order chi connectivity index (χ1) is 13.9. The van der Waals surface area contributed by atoms with Crippen LogP contribution in [0.5, 0.6) is 11.5 Å². The first kappa shape index (κ1) is 20.7. The number of amides is 1. The van der Waals surface area contributed by atoms with Crippen LogP contribution < -0.4 is 10.1 Å². The number of carbonyl (C=O) groups excluding carboxylic acids is 3. The summed E-state index contributed by atoms with van der Waals surface area (Å²) in [5.74, 6) is -1.55. The van der Waals surface area contributed by atoms with E-state index in [4.69, 9.17) is 14.2 Å². The molecule has 1 aliphatic carbocycles. The van der Waals surface area contributed by atoms with Crippen molar-refractivity contribution in [3.05, 3.63) is 40.3 Å². The number of thiophene rings is 1. The second-order valence-corrected chi connectivity index (χ2v) is 7.28. The van der Waals surface area contributed by atoms with Gasteiger partial charge in [0.15, 0.2) is 6.61 Å². The lowest BCUT2D eigenvalue weighted by atomic mass is 10.1. The van der Waals surface area contributed by atoms with Gasteiger partial charge in [-0.15, -0.1) is 11.3 Å². The van der Waals surface area contributed by atoms with E-state index in [1.165, 1.54) is 36.6 Å². The first-order valence-electron chi connectivity index (χ1n) is 9.07. The molecule has 3 rings (SSSR count). The van der Waals surface area contributed by atoms with Crippen LogP contribution in [0.4, 0.5) is 5.00 Å². The summed E-state index contributed by atoms with van der Waals surface area (Å²) >= 11 is 1.24. The molecule has 0 saturated heterocycles. The maximum Gasteiger partial charge on any atom is 0.342 e. The molecule has 1 aliphatic rings. The smallest absolute Gasteiger partial charge is 0.342 e. The molecule has 1 saturated carbocycles. The molecule has 29 heavy (non-hydrogen) atoms. The van der Waals surface area contributed by atoms with E-state index in [-0.39, 0.29) is 17.9 Å². The third kappa shape index (κ3) is 4.86. The fourth-order valence-electron chi connectivity index (χ4n) is 2.75. The zero-order valence-corrected chi connectivity index (χ0v) is 16.8. The van der Waals surface area contributed by atoms with E-state index in [1.54, 1.807) is 6.92 Å². The minimum Gasteiger partial charge on any atom is -0.507 e. The highest BCUT2D eigenvalue weighted by atomic mass is 32.1. The summed E-state index contributed by atoms with van der Waals surface area (Å²) in [6.07, 6.45) is 2.00. The minimum absolute atomic E-state index is 0.0852. The molecular formula is C20H21NO7S. The van der Waals surface area contributed by atoms with Gasteiger partial charge in [0.05, 0.1) is 19.3 Å². The van der Waals surface area contributed by atoms with Crippen LogP contribution in [0.25, 0.3) is 0 Å². The second-order valence-electron chi connectivity index (χ2n) is 6.40. The number of rotatable bonds is 8. The summed E-state index contributed by atoms with van der Waals surface area (Å²) in [6, 6.07) is 4.11. The van der Waals surface area contributed by atoms with Gasteiger partial charge in [-0.3, -0.25) is 4.79 Å². The van der Waals surface area contributed by atoms with Gasteiger partial charge in [0.2, 0.25) is 0 Å². The van der Waals surface area contributed by atoms with Crippen LogP contribution in [0.2, 0.25) is 0 Å². The van der Waals surface area contributed by atoms with Crippen molar-refractivity contribution < 1.29 is 33.7 Å². The Morgan fingerprint density at radius 1 is 1.21 bits per heavy atom. The Morgan fingerprint density at radius 3 is 2.59 bits per heavy atom. The maximum atomic E-state index is 12.3. The number of methoxy groups -OCH3 is 1. The number of carbonyl (C=O) groups is 3. The van der Waals surface area contributed by atoms with Gasteiger partial charge in [0.25, 0.3) is 5.91 Å². The molecule has 2 aromatic rings. The molecule has 0 radical (unpaired) electrons. The summed E-state index contributed by atoms with van der Waals surface area (Å²) in [6.45, 7) is 1.38. The summed E-state index contributed by atoms with van der Waals surface area (Å²) in [7, 11) is 1.43. The van der Waals surface area contributed by atoms with Crippen molar-refractivity contribution in [2.24, 2.45) is 0 Å². The van der Waals surface area contributed by atoms with Crippen molar-refractivity contribution in [3.63, 3.8) is 0 Å². The molecule has 1 aromatic heterocycles. The Morgan fingerprint density at radius 2 is 1.97 bits per heavy atom. The van der Waals surface area contributed by atoms with Gasteiger partial charge in [-0.2, -0.15) is 0 Å². The molecule has 2 N–H and O–H groups in total. The molecule has 0 bridgehead atoms. The average Bonchev–Trinajstić information content (AvgIpc) is 3.46. The van der Waals surface area contributed by atoms with E-state index in [0.717, 1.165) is 18.4 Å². The number of phenolic OH excluding ortho intramolecular Hbond substituents is 1. The lowest BCUT2D eigenvalue weighted by Gasteiger charge is -2.09. The number of phenols is 1. The molecule has 9 heteroatoms. The second kappa shape index (κ2) is 8.95. The highest BCUT2D eigenvalue weighted by Gasteiger charge is 2.32. The van der Waals surface area contributed by atoms with Crippen LogP contribution in [0, 0.1) is 0 Å². The van der Waals surface area contributed by atoms with Crippen molar-refractivity contribution in [1.82, 2.24) is 0 Å². The molecular weight excluding hydrogens is 398 g/mol. The molecule has 154 valence electrons. The Hall–Kier alpha value is -3.07. The summed E-state index contributed by atoms with van der Waals surface area (Å²) in [5.41, 5.74) is 1.16. The zero-order chi connectivity index (χ0) is 21.0. The summed E-state index contributed by atoms with van der Waals surface area (Å²) in [4.78, 5) is 36.7. The van der Waals surface area contributed by atoms with Crippen LogP contribution in [0.15, 0.2) is 23.6 Å². The number of ether oxygens (including phenoxy) is 3. The van der Waals surface area contributed by atoms with Crippen LogP contribution in [0.1, 0.15) is 52.0 Å². The fraction of sp³-hybridized carbons (Fsp3) is 0.350. The van der Waals surface area contributed by atoms with Gasteiger partial charge in [-0.25, -0.2) is 9.59 Å². The summed E-state index contributed by atoms with van der Waals surface area (Å²) in [5, 5.41) is 14.7. The molecule has 1 fully saturated rings. The fourth-order valence-corrected chi connectivity index (χ4v) is 3.80. The molecule has 8 nitrogen and oxygen atoms in total. The van der Waals surface area contributed by atoms with Crippen molar-refractivity contribution in [3.8, 4) is 11.5 Å². The predicted octanol–water partition coefficient (Wildman–Crippen LogP) is 3.31. The number of hydrogen-bond acceptors (Lipinski definition) is 8. The number of aromatic hydroxyl groups is 1. The Labute approximate surface area is 171 Å². The molecule has 0 unspecified atom stereocenters. The highest BCUT2D eigenvalue weighted by Crippen LogP contribution is 2.46. The molecule has 0 spiro atoms. The normalized spacial score (nSPS) is 12.9. The third-order valence-electron chi connectivity index (χ3n) is 4.33. The monoisotopic (exact) mass is 419 g/mol. The minimum atomic E-state index is -0.851. The third-order valence-corrected chi connectivity index (χ3v) is 5.24. The molecule has 0 atom stereocenters. The molecule has 1 amide bonds. The van der Waals surface area contributed by atoms with Crippen LogP contribution >= 0.6 is 11.3 Å². The van der Waals surface area contributed by atoms with Gasteiger partial charge in [-0.1, -0.05) is 0 Å². The molecule has 1 heterocycles. The molecule has 0 aliphatic heterocycles. The maximum absolute atomic E-state index is 12.3. The standard InChI is InChI=1S/C20H21NO7S/c1-3-27-20(25)17-14(11-4-5-11)10-29-18(17)21-16(23)9-28-19(24)13-7-6-12(26-2)8-15(13)22/h6-8,10-11,22H,3-5,9H2,1-2H3,(H,21,23). The van der Waals surface area contributed by atoms with Gasteiger partial charge in [0, 0.05) is 6.07 Å². The van der Waals surface area contributed by atoms with Gasteiger partial charge >= 0.3 is 11.9 Å². The number of hydrogen-bond donors (Lipinski definition) is 2. The number of esters is 2. The first-order valence-corrected chi connectivity index (χ1v) is 9.95. The van der Waals surface area contributed by atoms with E-state index in [1.807, 2.05) is 5.38 Å². The number of anilines is 1. The van der Waals surface area contributed by atoms with E-state index < -0.39 is 24.5 Å². The van der Waals surface area contributed by atoms with Crippen molar-refractivity contribution in [1.29, 1.82) is 0 Å². The van der Waals surface area contributed by atoms with Crippen molar-refractivity contribution >= 4 is 34.2 Å². The number of benzene rings is 1. The Bertz CT molecular complexity index is 933. The number of nitrogens with one attached hydrogen (secondary N) is 1.